The minimum Gasteiger partial charge on any atom is -0.363 e. The van der Waals surface area contributed by atoms with Crippen LogP contribution in [0.1, 0.15) is 33.1 Å². The third kappa shape index (κ3) is 2.46. The van der Waals surface area contributed by atoms with Crippen LogP contribution in [-0.4, -0.2) is 17.5 Å². The number of hydrogen-bond acceptors (Lipinski definition) is 2. The molecule has 1 aliphatic carbocycles. The lowest BCUT2D eigenvalue weighted by Gasteiger charge is -2.25. The summed E-state index contributed by atoms with van der Waals surface area (Å²) in [5.41, 5.74) is -0.327. The van der Waals surface area contributed by atoms with Crippen LogP contribution in [0.25, 0.3) is 0 Å². The molecule has 0 unspecified atom stereocenters. The maximum atomic E-state index is 11.3. The molecular formula is C13H17BrO2. The maximum absolute atomic E-state index is 11.3. The first-order valence-corrected chi connectivity index (χ1v) is 6.60. The van der Waals surface area contributed by atoms with Gasteiger partial charge in [-0.2, -0.15) is 0 Å². The van der Waals surface area contributed by atoms with Crippen LogP contribution in [0.5, 0.6) is 0 Å². The smallest absolute Gasteiger partial charge is 0.192 e. The third-order valence-corrected chi connectivity index (χ3v) is 3.72. The molecule has 0 amide bonds. The van der Waals surface area contributed by atoms with Crippen LogP contribution in [0.4, 0.5) is 0 Å². The van der Waals surface area contributed by atoms with Gasteiger partial charge in [-0.1, -0.05) is 13.8 Å². The van der Waals surface area contributed by atoms with Gasteiger partial charge >= 0.3 is 0 Å². The van der Waals surface area contributed by atoms with Gasteiger partial charge in [-0.25, -0.2) is 0 Å². The standard InChI is InChI=1S/C13H17BrO2/c1-9(2)7-10-3-5-13(16-10)6-4-12(15)11(14)8-13/h4,6,8-10H,3,5,7H2,1-2H3/t10-,13-/m1/s1. The quantitative estimate of drug-likeness (QED) is 0.777. The molecule has 1 heterocycles. The van der Waals surface area contributed by atoms with E-state index >= 15 is 0 Å². The van der Waals surface area contributed by atoms with Crippen molar-refractivity contribution in [2.24, 2.45) is 5.92 Å². The van der Waals surface area contributed by atoms with Gasteiger partial charge in [0, 0.05) is 0 Å². The Morgan fingerprint density at radius 3 is 3.00 bits per heavy atom. The highest BCUT2D eigenvalue weighted by Gasteiger charge is 2.38. The van der Waals surface area contributed by atoms with E-state index in [1.807, 2.05) is 12.2 Å². The summed E-state index contributed by atoms with van der Waals surface area (Å²) in [6, 6.07) is 0. The zero-order chi connectivity index (χ0) is 11.8. The zero-order valence-corrected chi connectivity index (χ0v) is 11.3. The third-order valence-electron chi connectivity index (χ3n) is 3.10. The van der Waals surface area contributed by atoms with Crippen molar-refractivity contribution in [2.45, 2.75) is 44.8 Å². The lowest BCUT2D eigenvalue weighted by atomic mass is 9.93. The van der Waals surface area contributed by atoms with Crippen molar-refractivity contribution in [3.8, 4) is 0 Å². The predicted octanol–water partition coefficient (Wildman–Crippen LogP) is 3.37. The van der Waals surface area contributed by atoms with Crippen LogP contribution in [0.2, 0.25) is 0 Å². The van der Waals surface area contributed by atoms with Crippen LogP contribution in [0.15, 0.2) is 22.7 Å². The summed E-state index contributed by atoms with van der Waals surface area (Å²) >= 11 is 3.29. The van der Waals surface area contributed by atoms with Crippen molar-refractivity contribution in [1.29, 1.82) is 0 Å². The van der Waals surface area contributed by atoms with Crippen molar-refractivity contribution >= 4 is 21.7 Å². The Morgan fingerprint density at radius 2 is 2.38 bits per heavy atom. The molecule has 2 nitrogen and oxygen atoms in total. The minimum absolute atomic E-state index is 0.0292. The first-order chi connectivity index (χ1) is 7.51. The molecule has 0 N–H and O–H groups in total. The second-order valence-corrected chi connectivity index (χ2v) is 5.91. The van der Waals surface area contributed by atoms with Crippen LogP contribution in [0, 0.1) is 5.92 Å². The molecule has 2 atom stereocenters. The number of halogens is 1. The number of allylic oxidation sites excluding steroid dienone is 2. The van der Waals surface area contributed by atoms with Gasteiger partial charge in [0.05, 0.1) is 10.6 Å². The van der Waals surface area contributed by atoms with E-state index in [9.17, 15) is 4.79 Å². The van der Waals surface area contributed by atoms with E-state index in [0.29, 0.717) is 16.5 Å². The Hall–Kier alpha value is -0.410. The largest absolute Gasteiger partial charge is 0.363 e. The van der Waals surface area contributed by atoms with Crippen LogP contribution < -0.4 is 0 Å². The fourth-order valence-electron chi connectivity index (χ4n) is 2.37. The van der Waals surface area contributed by atoms with E-state index in [0.717, 1.165) is 19.3 Å². The molecule has 88 valence electrons. The summed E-state index contributed by atoms with van der Waals surface area (Å²) in [6.07, 6.45) is 8.90. The Bertz CT molecular complexity index is 357. The van der Waals surface area contributed by atoms with Crippen molar-refractivity contribution in [3.05, 3.63) is 22.7 Å². The molecule has 0 aromatic heterocycles. The normalized spacial score (nSPS) is 33.9. The highest BCUT2D eigenvalue weighted by atomic mass is 79.9. The van der Waals surface area contributed by atoms with Gasteiger partial charge in [0.15, 0.2) is 5.78 Å². The first-order valence-electron chi connectivity index (χ1n) is 5.80. The van der Waals surface area contributed by atoms with Gasteiger partial charge in [-0.15, -0.1) is 0 Å². The topological polar surface area (TPSA) is 26.3 Å². The van der Waals surface area contributed by atoms with E-state index < -0.39 is 0 Å². The predicted molar refractivity (Wildman–Crippen MR) is 67.5 cm³/mol. The van der Waals surface area contributed by atoms with Crippen LogP contribution in [-0.2, 0) is 9.53 Å². The van der Waals surface area contributed by atoms with Gasteiger partial charge in [-0.05, 0) is 59.3 Å². The number of carbonyl (C=O) groups excluding carboxylic acids is 1. The average Bonchev–Trinajstić information content (AvgIpc) is 2.55. The van der Waals surface area contributed by atoms with E-state index in [1.165, 1.54) is 0 Å². The summed E-state index contributed by atoms with van der Waals surface area (Å²) in [5.74, 6) is 0.684. The maximum Gasteiger partial charge on any atom is 0.192 e. The number of ether oxygens (including phenoxy) is 1. The lowest BCUT2D eigenvalue weighted by Crippen LogP contribution is -2.27. The first kappa shape index (κ1) is 12.1. The summed E-state index contributed by atoms with van der Waals surface area (Å²) in [4.78, 5) is 11.3. The van der Waals surface area contributed by atoms with Crippen LogP contribution >= 0.6 is 15.9 Å². The van der Waals surface area contributed by atoms with Crippen molar-refractivity contribution in [2.75, 3.05) is 0 Å². The van der Waals surface area contributed by atoms with Gasteiger partial charge in [0.1, 0.15) is 5.60 Å². The number of rotatable bonds is 2. The Balaban J connectivity index is 2.07. The Labute approximate surface area is 105 Å². The monoisotopic (exact) mass is 284 g/mol. The fourth-order valence-corrected chi connectivity index (χ4v) is 2.89. The van der Waals surface area contributed by atoms with E-state index in [4.69, 9.17) is 4.74 Å². The highest BCUT2D eigenvalue weighted by Crippen LogP contribution is 2.38. The number of hydrogen-bond donors (Lipinski definition) is 0. The molecule has 2 rings (SSSR count). The zero-order valence-electron chi connectivity index (χ0n) is 9.70. The molecule has 0 aromatic carbocycles. The average molecular weight is 285 g/mol. The second kappa shape index (κ2) is 4.46. The fraction of sp³-hybridized carbons (Fsp3) is 0.615. The number of carbonyl (C=O) groups is 1. The highest BCUT2D eigenvalue weighted by molar-refractivity contribution is 9.12. The Morgan fingerprint density at radius 1 is 1.62 bits per heavy atom. The van der Waals surface area contributed by atoms with Crippen molar-refractivity contribution in [3.63, 3.8) is 0 Å². The molecule has 1 fully saturated rings. The van der Waals surface area contributed by atoms with E-state index in [-0.39, 0.29) is 11.4 Å². The van der Waals surface area contributed by atoms with E-state index in [1.54, 1.807) is 6.08 Å². The molecule has 1 saturated heterocycles. The molecule has 0 radical (unpaired) electrons. The van der Waals surface area contributed by atoms with Crippen molar-refractivity contribution < 1.29 is 9.53 Å². The molecule has 1 aliphatic heterocycles. The minimum atomic E-state index is -0.327. The SMILES string of the molecule is CC(C)C[C@H]1CC[C@]2(C=CC(=O)C(Br)=C2)O1. The molecule has 0 aromatic rings. The summed E-state index contributed by atoms with van der Waals surface area (Å²) in [5, 5.41) is 0. The Kier molecular flexibility index (Phi) is 3.36. The summed E-state index contributed by atoms with van der Waals surface area (Å²) < 4.78 is 6.70. The van der Waals surface area contributed by atoms with Crippen molar-refractivity contribution in [1.82, 2.24) is 0 Å². The van der Waals surface area contributed by atoms with Crippen LogP contribution in [0.3, 0.4) is 0 Å². The molecule has 16 heavy (non-hydrogen) atoms. The summed E-state index contributed by atoms with van der Waals surface area (Å²) in [6.45, 7) is 4.42. The molecular weight excluding hydrogens is 268 g/mol. The molecule has 3 heteroatoms. The van der Waals surface area contributed by atoms with Gasteiger partial charge in [0.25, 0.3) is 0 Å². The molecule has 0 bridgehead atoms. The lowest BCUT2D eigenvalue weighted by molar-refractivity contribution is -0.111. The molecule has 0 saturated carbocycles. The van der Waals surface area contributed by atoms with Gasteiger partial charge in [0.2, 0.25) is 0 Å². The molecule has 2 aliphatic rings. The van der Waals surface area contributed by atoms with Gasteiger partial charge < -0.3 is 4.74 Å². The molecule has 1 spiro atoms. The van der Waals surface area contributed by atoms with E-state index in [2.05, 4.69) is 29.8 Å². The summed E-state index contributed by atoms with van der Waals surface area (Å²) in [7, 11) is 0. The van der Waals surface area contributed by atoms with Gasteiger partial charge in [-0.3, -0.25) is 4.79 Å². The number of ketones is 1. The second-order valence-electron chi connectivity index (χ2n) is 5.05.